The molecule has 1 aliphatic heterocycles. The van der Waals surface area contributed by atoms with Gasteiger partial charge in [0.05, 0.1) is 27.9 Å². The van der Waals surface area contributed by atoms with E-state index in [0.29, 0.717) is 34.5 Å². The number of piperazine rings is 1. The number of carbonyl (C=O) groups is 1. The number of aromatic nitrogens is 3. The Morgan fingerprint density at radius 2 is 1.85 bits per heavy atom. The van der Waals surface area contributed by atoms with Gasteiger partial charge < -0.3 is 15.3 Å². The number of fused-ring (bicyclic) bond motifs is 1. The highest BCUT2D eigenvalue weighted by molar-refractivity contribution is 6.09. The van der Waals surface area contributed by atoms with Crippen molar-refractivity contribution in [3.63, 3.8) is 0 Å². The fraction of sp³-hybridized carbons (Fsp3) is 0.222. The molecule has 172 valence electrons. The molecule has 5 rings (SSSR count). The second-order valence-electron chi connectivity index (χ2n) is 9.12. The number of amides is 1. The molecule has 0 saturated carbocycles. The minimum Gasteiger partial charge on any atom is -0.508 e. The summed E-state index contributed by atoms with van der Waals surface area (Å²) in [5, 5.41) is 21.3. The zero-order valence-electron chi connectivity index (χ0n) is 19.2. The summed E-state index contributed by atoms with van der Waals surface area (Å²) >= 11 is 0. The van der Waals surface area contributed by atoms with Gasteiger partial charge in [0.25, 0.3) is 5.91 Å². The van der Waals surface area contributed by atoms with Crippen LogP contribution in [0.4, 0.5) is 0 Å². The summed E-state index contributed by atoms with van der Waals surface area (Å²) in [5.41, 5.74) is 3.95. The second-order valence-corrected chi connectivity index (χ2v) is 9.12. The Kier molecular flexibility index (Phi) is 5.63. The molecule has 1 fully saturated rings. The van der Waals surface area contributed by atoms with Gasteiger partial charge >= 0.3 is 0 Å². The fourth-order valence-corrected chi connectivity index (χ4v) is 4.37. The molecule has 0 radical (unpaired) electrons. The standard InChI is InChI=1S/C27H27N5O2/c1-27(2)17-28-14-15-32(27)26(34)21-16-23(19-9-11-20(33)12-10-19)29-25-24(21)22(30-31-25)13-8-18-6-4-3-5-7-18/h3-13,16,28,33H,14-15,17H2,1-2H3,(H,29,30,31)/b13-8+. The van der Waals surface area contributed by atoms with Gasteiger partial charge in [0, 0.05) is 25.2 Å². The third-order valence-corrected chi connectivity index (χ3v) is 6.23. The maximum absolute atomic E-state index is 14.0. The number of aromatic amines is 1. The smallest absolute Gasteiger partial charge is 0.255 e. The van der Waals surface area contributed by atoms with Crippen LogP contribution in [0.5, 0.6) is 5.75 Å². The van der Waals surface area contributed by atoms with Crippen molar-refractivity contribution in [3.05, 3.63) is 77.5 Å². The summed E-state index contributed by atoms with van der Waals surface area (Å²) in [7, 11) is 0. The van der Waals surface area contributed by atoms with Crippen molar-refractivity contribution in [2.45, 2.75) is 19.4 Å². The lowest BCUT2D eigenvalue weighted by Gasteiger charge is -2.43. The summed E-state index contributed by atoms with van der Waals surface area (Å²) in [6.45, 7) is 6.24. The number of phenolic OH excluding ortho intramolecular Hbond substituents is 1. The van der Waals surface area contributed by atoms with Crippen LogP contribution in [0.3, 0.4) is 0 Å². The van der Waals surface area contributed by atoms with Crippen LogP contribution < -0.4 is 5.32 Å². The van der Waals surface area contributed by atoms with E-state index in [2.05, 4.69) is 29.4 Å². The minimum absolute atomic E-state index is 0.0466. The Bertz CT molecular complexity index is 1360. The lowest BCUT2D eigenvalue weighted by atomic mass is 9.97. The number of carbonyl (C=O) groups excluding carboxylic acids is 1. The van der Waals surface area contributed by atoms with Crippen molar-refractivity contribution in [2.24, 2.45) is 0 Å². The van der Waals surface area contributed by atoms with Crippen LogP contribution in [0.15, 0.2) is 60.7 Å². The van der Waals surface area contributed by atoms with E-state index in [1.165, 1.54) is 0 Å². The number of hydrogen-bond acceptors (Lipinski definition) is 5. The molecular weight excluding hydrogens is 426 g/mol. The third kappa shape index (κ3) is 4.18. The SMILES string of the molecule is CC1(C)CNCCN1C(=O)c1cc(-c2ccc(O)cc2)nc2[nH]nc(/C=C/c3ccccc3)c12. The van der Waals surface area contributed by atoms with Crippen molar-refractivity contribution in [3.8, 4) is 17.0 Å². The summed E-state index contributed by atoms with van der Waals surface area (Å²) in [6, 6.07) is 18.6. The van der Waals surface area contributed by atoms with E-state index in [1.54, 1.807) is 24.3 Å². The van der Waals surface area contributed by atoms with E-state index in [-0.39, 0.29) is 17.2 Å². The van der Waals surface area contributed by atoms with E-state index in [4.69, 9.17) is 4.98 Å². The van der Waals surface area contributed by atoms with Crippen LogP contribution >= 0.6 is 0 Å². The topological polar surface area (TPSA) is 94.1 Å². The zero-order valence-corrected chi connectivity index (χ0v) is 19.2. The Balaban J connectivity index is 1.65. The fourth-order valence-electron chi connectivity index (χ4n) is 4.37. The average molecular weight is 454 g/mol. The molecule has 0 unspecified atom stereocenters. The average Bonchev–Trinajstić information content (AvgIpc) is 3.25. The summed E-state index contributed by atoms with van der Waals surface area (Å²) < 4.78 is 0. The lowest BCUT2D eigenvalue weighted by molar-refractivity contribution is 0.0479. The first-order chi connectivity index (χ1) is 16.4. The highest BCUT2D eigenvalue weighted by atomic mass is 16.3. The number of rotatable bonds is 4. The van der Waals surface area contributed by atoms with Gasteiger partial charge in [-0.2, -0.15) is 5.10 Å². The molecule has 0 bridgehead atoms. The van der Waals surface area contributed by atoms with Gasteiger partial charge in [-0.25, -0.2) is 4.98 Å². The van der Waals surface area contributed by atoms with Crippen molar-refractivity contribution in [2.75, 3.05) is 19.6 Å². The van der Waals surface area contributed by atoms with Crippen LogP contribution in [0, 0.1) is 0 Å². The molecule has 2 aromatic carbocycles. The number of nitrogens with one attached hydrogen (secondary N) is 2. The van der Waals surface area contributed by atoms with E-state index in [1.807, 2.05) is 53.5 Å². The highest BCUT2D eigenvalue weighted by Gasteiger charge is 2.35. The van der Waals surface area contributed by atoms with Gasteiger partial charge in [0.15, 0.2) is 5.65 Å². The van der Waals surface area contributed by atoms with Crippen LogP contribution in [0.1, 0.15) is 35.5 Å². The van der Waals surface area contributed by atoms with Crippen LogP contribution in [0.2, 0.25) is 0 Å². The molecule has 3 N–H and O–H groups in total. The molecule has 7 heteroatoms. The molecule has 2 aromatic heterocycles. The molecule has 0 aliphatic carbocycles. The van der Waals surface area contributed by atoms with Crippen molar-refractivity contribution in [1.29, 1.82) is 0 Å². The number of pyridine rings is 1. The monoisotopic (exact) mass is 453 g/mol. The van der Waals surface area contributed by atoms with Crippen molar-refractivity contribution in [1.82, 2.24) is 25.4 Å². The third-order valence-electron chi connectivity index (χ3n) is 6.23. The minimum atomic E-state index is -0.326. The van der Waals surface area contributed by atoms with Gasteiger partial charge in [0.2, 0.25) is 0 Å². The van der Waals surface area contributed by atoms with Crippen molar-refractivity contribution < 1.29 is 9.90 Å². The molecule has 1 aliphatic rings. The summed E-state index contributed by atoms with van der Waals surface area (Å²) in [5.74, 6) is 0.133. The first-order valence-electron chi connectivity index (χ1n) is 11.4. The van der Waals surface area contributed by atoms with Crippen LogP contribution in [0.25, 0.3) is 34.4 Å². The lowest BCUT2D eigenvalue weighted by Crippen LogP contribution is -2.59. The molecule has 7 nitrogen and oxygen atoms in total. The highest BCUT2D eigenvalue weighted by Crippen LogP contribution is 2.30. The molecule has 1 saturated heterocycles. The number of hydrogen-bond donors (Lipinski definition) is 3. The van der Waals surface area contributed by atoms with Gasteiger partial charge in [-0.15, -0.1) is 0 Å². The van der Waals surface area contributed by atoms with Crippen LogP contribution in [-0.2, 0) is 0 Å². The number of nitrogens with zero attached hydrogens (tertiary/aromatic N) is 3. The van der Waals surface area contributed by atoms with Crippen molar-refractivity contribution >= 4 is 29.1 Å². The van der Waals surface area contributed by atoms with E-state index in [0.717, 1.165) is 24.2 Å². The summed E-state index contributed by atoms with van der Waals surface area (Å²) in [6.07, 6.45) is 3.89. The van der Waals surface area contributed by atoms with E-state index < -0.39 is 0 Å². The number of H-pyrrole nitrogens is 1. The van der Waals surface area contributed by atoms with Crippen LogP contribution in [-0.4, -0.2) is 56.3 Å². The van der Waals surface area contributed by atoms with E-state index >= 15 is 0 Å². The predicted molar refractivity (Wildman–Crippen MR) is 134 cm³/mol. The number of benzene rings is 2. The second kappa shape index (κ2) is 8.76. The first-order valence-corrected chi connectivity index (χ1v) is 11.4. The predicted octanol–water partition coefficient (Wildman–Crippen LogP) is 4.32. The van der Waals surface area contributed by atoms with Gasteiger partial charge in [0.1, 0.15) is 5.75 Å². The first kappa shape index (κ1) is 21.9. The maximum Gasteiger partial charge on any atom is 0.255 e. The molecule has 0 atom stereocenters. The Morgan fingerprint density at radius 3 is 2.59 bits per heavy atom. The quantitative estimate of drug-likeness (QED) is 0.428. The van der Waals surface area contributed by atoms with E-state index in [9.17, 15) is 9.90 Å². The van der Waals surface area contributed by atoms with Gasteiger partial charge in [-0.05, 0) is 55.8 Å². The molecule has 0 spiro atoms. The molecular formula is C27H27N5O2. The Hall–Kier alpha value is -3.97. The summed E-state index contributed by atoms with van der Waals surface area (Å²) in [4.78, 5) is 20.6. The molecule has 4 aromatic rings. The van der Waals surface area contributed by atoms with Gasteiger partial charge in [-0.1, -0.05) is 36.4 Å². The number of aromatic hydroxyl groups is 1. The normalized spacial score (nSPS) is 15.8. The molecule has 3 heterocycles. The largest absolute Gasteiger partial charge is 0.508 e. The zero-order chi connectivity index (χ0) is 23.7. The maximum atomic E-state index is 14.0. The number of phenols is 1. The molecule has 34 heavy (non-hydrogen) atoms. The Morgan fingerprint density at radius 1 is 1.09 bits per heavy atom. The Labute approximate surface area is 198 Å². The van der Waals surface area contributed by atoms with Gasteiger partial charge in [-0.3, -0.25) is 9.89 Å². The molecule has 1 amide bonds.